The number of phosphoric ester groups is 2. The van der Waals surface area contributed by atoms with Crippen molar-refractivity contribution in [3.63, 3.8) is 0 Å². The summed E-state index contributed by atoms with van der Waals surface area (Å²) in [6.45, 7) is 9.50. The highest BCUT2D eigenvalue weighted by Crippen LogP contribution is 2.45. The summed E-state index contributed by atoms with van der Waals surface area (Å²) in [6, 6.07) is 0. The zero-order valence-electron chi connectivity index (χ0n) is 58.4. The van der Waals surface area contributed by atoms with E-state index in [9.17, 15) is 43.2 Å². The molecule has 0 fully saturated rings. The number of unbranched alkanes of at least 4 members (excludes halogenated alkanes) is 40. The Bertz CT molecular complexity index is 1750. The predicted octanol–water partition coefficient (Wildman–Crippen LogP) is 20.4. The van der Waals surface area contributed by atoms with Crippen LogP contribution in [0.5, 0.6) is 0 Å². The number of carbonyl (C=O) groups excluding carboxylic acids is 4. The Labute approximate surface area is 549 Å². The molecule has 0 saturated carbocycles. The lowest BCUT2D eigenvalue weighted by Crippen LogP contribution is -2.30. The van der Waals surface area contributed by atoms with Gasteiger partial charge in [0.25, 0.3) is 0 Å². The van der Waals surface area contributed by atoms with E-state index < -0.39 is 97.5 Å². The molecule has 3 N–H and O–H groups in total. The van der Waals surface area contributed by atoms with Gasteiger partial charge in [0.05, 0.1) is 26.4 Å². The lowest BCUT2D eigenvalue weighted by atomic mass is 10.0. The third kappa shape index (κ3) is 64.8. The number of ether oxygens (including phenoxy) is 4. The van der Waals surface area contributed by atoms with Crippen molar-refractivity contribution in [2.45, 2.75) is 381 Å². The van der Waals surface area contributed by atoms with Gasteiger partial charge in [0.15, 0.2) is 12.2 Å². The third-order valence-electron chi connectivity index (χ3n) is 16.5. The molecule has 5 atom stereocenters. The molecule has 17 nitrogen and oxygen atoms in total. The average molecular weight is 1330 g/mol. The Morgan fingerprint density at radius 3 is 0.756 bits per heavy atom. The minimum absolute atomic E-state index is 0.105. The summed E-state index contributed by atoms with van der Waals surface area (Å²) in [4.78, 5) is 72.5. The molecule has 0 heterocycles. The summed E-state index contributed by atoms with van der Waals surface area (Å²) < 4.78 is 68.2. The topological polar surface area (TPSA) is 237 Å². The largest absolute Gasteiger partial charge is 0.472 e. The van der Waals surface area contributed by atoms with Gasteiger partial charge in [-0.25, -0.2) is 9.13 Å². The zero-order valence-corrected chi connectivity index (χ0v) is 60.2. The van der Waals surface area contributed by atoms with Crippen LogP contribution in [0.3, 0.4) is 0 Å². The Morgan fingerprint density at radius 2 is 0.511 bits per heavy atom. The van der Waals surface area contributed by atoms with Gasteiger partial charge in [-0.3, -0.25) is 37.3 Å². The van der Waals surface area contributed by atoms with Gasteiger partial charge in [-0.1, -0.05) is 311 Å². The van der Waals surface area contributed by atoms with Gasteiger partial charge in [0, 0.05) is 25.7 Å². The van der Waals surface area contributed by atoms with Crippen LogP contribution in [-0.4, -0.2) is 96.7 Å². The van der Waals surface area contributed by atoms with Crippen molar-refractivity contribution in [3.8, 4) is 0 Å². The Balaban J connectivity index is 5.20. The van der Waals surface area contributed by atoms with Gasteiger partial charge in [-0.2, -0.15) is 0 Å². The Hall–Kier alpha value is -1.94. The summed E-state index contributed by atoms with van der Waals surface area (Å²) in [6.07, 6.45) is 48.7. The number of rotatable bonds is 70. The fraction of sp³-hybridized carbons (Fsp3) is 0.944. The quantitative estimate of drug-likeness (QED) is 0.0222. The molecular formula is C71H138O17P2. The standard InChI is InChI=1S/C71H138O17P2/c1-7-9-11-13-15-16-17-18-19-20-21-22-25-31-37-43-49-55-70(75)88-67(60-82-69(74)54-48-42-36-30-26-23-24-28-34-39-45-51-63(3)4)62-86-90(79,80)84-58-65(72)57-83-89(77,78)85-61-66(59-81-68(73)53-47-41-33-14-12-10-8-2)87-71(76)56-50-44-38-32-27-29-35-40-46-52-64(5)6/h63-67,72H,7-62H2,1-6H3,(H,77,78)(H,79,80)/t65-,66+,67+/m0/s1. The van der Waals surface area contributed by atoms with Crippen LogP contribution in [0, 0.1) is 11.8 Å². The molecule has 0 rings (SSSR count). The molecule has 0 aliphatic rings. The van der Waals surface area contributed by atoms with E-state index in [4.69, 9.17) is 37.0 Å². The number of aliphatic hydroxyl groups excluding tert-OH is 1. The van der Waals surface area contributed by atoms with Gasteiger partial charge in [0.2, 0.25) is 0 Å². The monoisotopic (exact) mass is 1320 g/mol. The van der Waals surface area contributed by atoms with Crippen molar-refractivity contribution in [3.05, 3.63) is 0 Å². The van der Waals surface area contributed by atoms with Crippen LogP contribution in [0.4, 0.5) is 0 Å². The first-order valence-electron chi connectivity index (χ1n) is 37.0. The van der Waals surface area contributed by atoms with Crippen molar-refractivity contribution in [2.24, 2.45) is 11.8 Å². The van der Waals surface area contributed by atoms with Crippen molar-refractivity contribution < 1.29 is 80.2 Å². The summed E-state index contributed by atoms with van der Waals surface area (Å²) in [5.41, 5.74) is 0. The van der Waals surface area contributed by atoms with Crippen LogP contribution in [0.2, 0.25) is 0 Å². The Morgan fingerprint density at radius 1 is 0.300 bits per heavy atom. The minimum Gasteiger partial charge on any atom is -0.462 e. The van der Waals surface area contributed by atoms with Gasteiger partial charge in [-0.05, 0) is 37.5 Å². The van der Waals surface area contributed by atoms with Crippen molar-refractivity contribution in [1.29, 1.82) is 0 Å². The van der Waals surface area contributed by atoms with Crippen LogP contribution in [-0.2, 0) is 65.4 Å². The molecule has 0 amide bonds. The number of carbonyl (C=O) groups is 4. The van der Waals surface area contributed by atoms with E-state index in [2.05, 4.69) is 41.5 Å². The van der Waals surface area contributed by atoms with Crippen molar-refractivity contribution in [2.75, 3.05) is 39.6 Å². The molecule has 0 aromatic carbocycles. The third-order valence-corrected chi connectivity index (χ3v) is 18.4. The first-order chi connectivity index (χ1) is 43.4. The molecular weight excluding hydrogens is 1190 g/mol. The van der Waals surface area contributed by atoms with Crippen LogP contribution < -0.4 is 0 Å². The molecule has 0 spiro atoms. The normalized spacial score (nSPS) is 14.1. The number of phosphoric acid groups is 2. The summed E-state index contributed by atoms with van der Waals surface area (Å²) in [5, 5.41) is 10.6. The zero-order chi connectivity index (χ0) is 66.5. The highest BCUT2D eigenvalue weighted by Gasteiger charge is 2.30. The highest BCUT2D eigenvalue weighted by atomic mass is 31.2. The van der Waals surface area contributed by atoms with E-state index in [1.165, 1.54) is 167 Å². The summed E-state index contributed by atoms with van der Waals surface area (Å²) in [5.74, 6) is -0.619. The smallest absolute Gasteiger partial charge is 0.462 e. The first kappa shape index (κ1) is 88.1. The fourth-order valence-electron chi connectivity index (χ4n) is 10.8. The second-order valence-electron chi connectivity index (χ2n) is 26.6. The fourth-order valence-corrected chi connectivity index (χ4v) is 12.3. The highest BCUT2D eigenvalue weighted by molar-refractivity contribution is 7.47. The number of aliphatic hydroxyl groups is 1. The number of hydrogen-bond acceptors (Lipinski definition) is 15. The van der Waals surface area contributed by atoms with E-state index in [1.54, 1.807) is 0 Å². The second kappa shape index (κ2) is 63.1. The van der Waals surface area contributed by atoms with E-state index in [-0.39, 0.29) is 25.7 Å². The van der Waals surface area contributed by atoms with E-state index in [0.29, 0.717) is 25.7 Å². The molecule has 0 aromatic heterocycles. The lowest BCUT2D eigenvalue weighted by Gasteiger charge is -2.21. The van der Waals surface area contributed by atoms with Gasteiger partial charge in [0.1, 0.15) is 19.3 Å². The molecule has 0 radical (unpaired) electrons. The minimum atomic E-state index is -4.95. The molecule has 0 saturated heterocycles. The van der Waals surface area contributed by atoms with E-state index in [0.717, 1.165) is 115 Å². The lowest BCUT2D eigenvalue weighted by molar-refractivity contribution is -0.161. The summed E-state index contributed by atoms with van der Waals surface area (Å²) in [7, 11) is -9.90. The maximum atomic E-state index is 13.0. The van der Waals surface area contributed by atoms with Crippen LogP contribution in [0.1, 0.15) is 363 Å². The Kier molecular flexibility index (Phi) is 61.8. The van der Waals surface area contributed by atoms with Gasteiger partial charge < -0.3 is 33.8 Å². The van der Waals surface area contributed by atoms with Crippen LogP contribution >= 0.6 is 15.6 Å². The molecule has 19 heteroatoms. The SMILES string of the molecule is CCCCCCCCCCCCCCCCCCCC(=O)O[C@H](COC(=O)CCCCCCCCCCCCCC(C)C)COP(=O)(O)OC[C@@H](O)COP(=O)(O)OC[C@@H](COC(=O)CCCCCCCCC)OC(=O)CCCCCCCCCCCC(C)C. The van der Waals surface area contributed by atoms with Crippen molar-refractivity contribution >= 4 is 39.5 Å². The first-order valence-corrected chi connectivity index (χ1v) is 40.0. The van der Waals surface area contributed by atoms with Gasteiger partial charge >= 0.3 is 39.5 Å². The predicted molar refractivity (Wildman–Crippen MR) is 363 cm³/mol. The maximum Gasteiger partial charge on any atom is 0.472 e. The van der Waals surface area contributed by atoms with Crippen molar-refractivity contribution in [1.82, 2.24) is 0 Å². The van der Waals surface area contributed by atoms with E-state index in [1.807, 2.05) is 0 Å². The molecule has 0 aliphatic heterocycles. The molecule has 534 valence electrons. The number of hydrogen-bond donors (Lipinski definition) is 3. The molecule has 0 aliphatic carbocycles. The molecule has 90 heavy (non-hydrogen) atoms. The number of esters is 4. The second-order valence-corrected chi connectivity index (χ2v) is 29.5. The molecule has 0 bridgehead atoms. The maximum absolute atomic E-state index is 13.0. The van der Waals surface area contributed by atoms with E-state index >= 15 is 0 Å². The van der Waals surface area contributed by atoms with Crippen LogP contribution in [0.15, 0.2) is 0 Å². The average Bonchev–Trinajstić information content (AvgIpc) is 3.68. The molecule has 0 aromatic rings. The van der Waals surface area contributed by atoms with Gasteiger partial charge in [-0.15, -0.1) is 0 Å². The molecule has 2 unspecified atom stereocenters. The summed E-state index contributed by atoms with van der Waals surface area (Å²) >= 11 is 0. The van der Waals surface area contributed by atoms with Crippen LogP contribution in [0.25, 0.3) is 0 Å².